The van der Waals surface area contributed by atoms with Crippen LogP contribution in [0.5, 0.6) is 0 Å². The lowest BCUT2D eigenvalue weighted by molar-refractivity contribution is 0.0724. The lowest BCUT2D eigenvalue weighted by atomic mass is 10.0. The molecule has 2 heterocycles. The van der Waals surface area contributed by atoms with E-state index in [2.05, 4.69) is 22.4 Å². The fraction of sp³-hybridized carbons (Fsp3) is 0.222. The molecule has 1 unspecified atom stereocenters. The first-order valence-corrected chi connectivity index (χ1v) is 11.1. The molecule has 0 saturated heterocycles. The molecule has 2 aromatic carbocycles. The maximum absolute atomic E-state index is 13.5. The SMILES string of the molecule is CN(C(=O)c1ccnc2ccccc12)C(CCNC(=O)c1cccn1C)Cc1ccccc1. The zero-order valence-corrected chi connectivity index (χ0v) is 18.9. The molecule has 33 heavy (non-hydrogen) atoms. The van der Waals surface area contributed by atoms with Crippen LogP contribution in [0.4, 0.5) is 0 Å². The number of carbonyl (C=O) groups is 2. The molecule has 2 aromatic heterocycles. The second-order valence-electron chi connectivity index (χ2n) is 8.18. The highest BCUT2D eigenvalue weighted by atomic mass is 16.2. The summed E-state index contributed by atoms with van der Waals surface area (Å²) in [5.41, 5.74) is 3.19. The highest BCUT2D eigenvalue weighted by Gasteiger charge is 2.23. The van der Waals surface area contributed by atoms with Crippen LogP contribution in [0, 0.1) is 0 Å². The third-order valence-electron chi connectivity index (χ3n) is 6.00. The summed E-state index contributed by atoms with van der Waals surface area (Å²) in [5, 5.41) is 3.84. The molecule has 0 bridgehead atoms. The van der Waals surface area contributed by atoms with Gasteiger partial charge in [0.25, 0.3) is 11.8 Å². The Hall–Kier alpha value is -3.93. The number of hydrogen-bond acceptors (Lipinski definition) is 3. The standard InChI is InChI=1S/C27H28N4O2/c1-30-18-8-13-25(30)26(32)29-16-14-21(19-20-9-4-3-5-10-20)31(2)27(33)23-15-17-28-24-12-7-6-11-22(23)24/h3-13,15,17-18,21H,14,16,19H2,1-2H3,(H,29,32). The van der Waals surface area contributed by atoms with Gasteiger partial charge >= 0.3 is 0 Å². The summed E-state index contributed by atoms with van der Waals surface area (Å²) < 4.78 is 1.79. The van der Waals surface area contributed by atoms with Crippen LogP contribution in [-0.4, -0.2) is 45.9 Å². The fourth-order valence-corrected chi connectivity index (χ4v) is 4.10. The van der Waals surface area contributed by atoms with Gasteiger partial charge < -0.3 is 14.8 Å². The van der Waals surface area contributed by atoms with Crippen molar-refractivity contribution in [1.82, 2.24) is 19.8 Å². The molecule has 0 aliphatic heterocycles. The van der Waals surface area contributed by atoms with Gasteiger partial charge in [0.2, 0.25) is 0 Å². The first kappa shape index (κ1) is 22.3. The zero-order chi connectivity index (χ0) is 23.2. The van der Waals surface area contributed by atoms with Crippen LogP contribution in [0.25, 0.3) is 10.9 Å². The number of nitrogens with one attached hydrogen (secondary N) is 1. The van der Waals surface area contributed by atoms with E-state index in [4.69, 9.17) is 0 Å². The van der Waals surface area contributed by atoms with E-state index in [1.165, 1.54) is 0 Å². The molecule has 2 amide bonds. The van der Waals surface area contributed by atoms with Crippen LogP contribution in [0.3, 0.4) is 0 Å². The van der Waals surface area contributed by atoms with E-state index in [1.54, 1.807) is 27.8 Å². The van der Waals surface area contributed by atoms with Crippen LogP contribution >= 0.6 is 0 Å². The normalized spacial score (nSPS) is 11.8. The van der Waals surface area contributed by atoms with Crippen molar-refractivity contribution >= 4 is 22.7 Å². The van der Waals surface area contributed by atoms with Gasteiger partial charge in [-0.05, 0) is 42.7 Å². The van der Waals surface area contributed by atoms with Gasteiger partial charge in [0.15, 0.2) is 0 Å². The first-order valence-electron chi connectivity index (χ1n) is 11.1. The molecule has 0 fully saturated rings. The van der Waals surface area contributed by atoms with Gasteiger partial charge in [0.1, 0.15) is 5.69 Å². The molecule has 4 rings (SSSR count). The number of amides is 2. The van der Waals surface area contributed by atoms with Gasteiger partial charge in [-0.25, -0.2) is 0 Å². The number of nitrogens with zero attached hydrogens (tertiary/aromatic N) is 3. The Bertz CT molecular complexity index is 1240. The number of pyridine rings is 1. The summed E-state index contributed by atoms with van der Waals surface area (Å²) in [6.45, 7) is 0.468. The molecule has 4 aromatic rings. The Morgan fingerprint density at radius 1 is 1.00 bits per heavy atom. The van der Waals surface area contributed by atoms with Crippen LogP contribution in [0.2, 0.25) is 0 Å². The Labute approximate surface area is 193 Å². The van der Waals surface area contributed by atoms with E-state index in [0.29, 0.717) is 30.6 Å². The van der Waals surface area contributed by atoms with Gasteiger partial charge in [0, 0.05) is 44.5 Å². The second kappa shape index (κ2) is 10.1. The van der Waals surface area contributed by atoms with E-state index in [0.717, 1.165) is 16.5 Å². The summed E-state index contributed by atoms with van der Waals surface area (Å²) in [5.74, 6) is -0.168. The van der Waals surface area contributed by atoms with Crippen molar-refractivity contribution in [3.8, 4) is 0 Å². The minimum atomic E-state index is -0.116. The topological polar surface area (TPSA) is 67.2 Å². The Morgan fingerprint density at radius 3 is 2.52 bits per heavy atom. The molecule has 1 atom stereocenters. The lowest BCUT2D eigenvalue weighted by Gasteiger charge is -2.29. The number of para-hydroxylation sites is 1. The van der Waals surface area contributed by atoms with Gasteiger partial charge in [0.05, 0.1) is 11.1 Å². The minimum Gasteiger partial charge on any atom is -0.351 e. The summed E-state index contributed by atoms with van der Waals surface area (Å²) in [4.78, 5) is 32.2. The Balaban J connectivity index is 1.52. The monoisotopic (exact) mass is 440 g/mol. The minimum absolute atomic E-state index is 0.0525. The van der Waals surface area contributed by atoms with Gasteiger partial charge in [-0.2, -0.15) is 0 Å². The molecule has 6 heteroatoms. The number of aromatic nitrogens is 2. The summed E-state index contributed by atoms with van der Waals surface area (Å²) in [6, 6.07) is 23.1. The van der Waals surface area contributed by atoms with E-state index in [1.807, 2.05) is 68.8 Å². The number of carbonyl (C=O) groups excluding carboxylic acids is 2. The van der Waals surface area contributed by atoms with Crippen molar-refractivity contribution in [2.45, 2.75) is 18.9 Å². The fourth-order valence-electron chi connectivity index (χ4n) is 4.10. The van der Waals surface area contributed by atoms with E-state index in [9.17, 15) is 9.59 Å². The number of aryl methyl sites for hydroxylation is 1. The van der Waals surface area contributed by atoms with Crippen molar-refractivity contribution in [2.75, 3.05) is 13.6 Å². The van der Waals surface area contributed by atoms with Crippen molar-refractivity contribution in [2.24, 2.45) is 7.05 Å². The maximum Gasteiger partial charge on any atom is 0.267 e. The molecule has 1 N–H and O–H groups in total. The van der Waals surface area contributed by atoms with E-state index >= 15 is 0 Å². The van der Waals surface area contributed by atoms with Crippen molar-refractivity contribution in [3.05, 3.63) is 102 Å². The third-order valence-corrected chi connectivity index (χ3v) is 6.00. The van der Waals surface area contributed by atoms with E-state index in [-0.39, 0.29) is 17.9 Å². The van der Waals surface area contributed by atoms with Crippen LogP contribution < -0.4 is 5.32 Å². The van der Waals surface area contributed by atoms with Crippen molar-refractivity contribution < 1.29 is 9.59 Å². The highest BCUT2D eigenvalue weighted by molar-refractivity contribution is 6.06. The molecular weight excluding hydrogens is 412 g/mol. The van der Waals surface area contributed by atoms with Crippen molar-refractivity contribution in [3.63, 3.8) is 0 Å². The number of rotatable bonds is 8. The smallest absolute Gasteiger partial charge is 0.267 e. The summed E-state index contributed by atoms with van der Waals surface area (Å²) >= 11 is 0. The van der Waals surface area contributed by atoms with Crippen LogP contribution in [-0.2, 0) is 13.5 Å². The van der Waals surface area contributed by atoms with Gasteiger partial charge in [-0.15, -0.1) is 0 Å². The largest absolute Gasteiger partial charge is 0.351 e. The summed E-state index contributed by atoms with van der Waals surface area (Å²) in [7, 11) is 3.68. The predicted octanol–water partition coefficient (Wildman–Crippen LogP) is 4.08. The highest BCUT2D eigenvalue weighted by Crippen LogP contribution is 2.20. The van der Waals surface area contributed by atoms with Crippen molar-refractivity contribution in [1.29, 1.82) is 0 Å². The van der Waals surface area contributed by atoms with E-state index < -0.39 is 0 Å². The first-order chi connectivity index (χ1) is 16.0. The second-order valence-corrected chi connectivity index (χ2v) is 8.18. The number of fused-ring (bicyclic) bond motifs is 1. The molecule has 0 aliphatic rings. The molecule has 0 radical (unpaired) electrons. The molecule has 0 spiro atoms. The molecule has 0 aliphatic carbocycles. The molecular formula is C27H28N4O2. The lowest BCUT2D eigenvalue weighted by Crippen LogP contribution is -2.41. The number of likely N-dealkylation sites (N-methyl/N-ethyl adjacent to an activating group) is 1. The molecule has 0 saturated carbocycles. The summed E-state index contributed by atoms with van der Waals surface area (Å²) in [6.07, 6.45) is 4.86. The van der Waals surface area contributed by atoms with Crippen LogP contribution in [0.15, 0.2) is 85.2 Å². The van der Waals surface area contributed by atoms with Gasteiger partial charge in [-0.1, -0.05) is 48.5 Å². The Kier molecular flexibility index (Phi) is 6.83. The predicted molar refractivity (Wildman–Crippen MR) is 130 cm³/mol. The quantitative estimate of drug-likeness (QED) is 0.449. The van der Waals surface area contributed by atoms with Crippen LogP contribution in [0.1, 0.15) is 32.8 Å². The Morgan fingerprint density at radius 2 is 1.76 bits per heavy atom. The molecule has 168 valence electrons. The molecule has 6 nitrogen and oxygen atoms in total. The average molecular weight is 441 g/mol. The number of benzene rings is 2. The maximum atomic E-state index is 13.5. The average Bonchev–Trinajstić information content (AvgIpc) is 3.28. The zero-order valence-electron chi connectivity index (χ0n) is 18.9. The number of hydrogen-bond donors (Lipinski definition) is 1. The third kappa shape index (κ3) is 5.12. The van der Waals surface area contributed by atoms with Gasteiger partial charge in [-0.3, -0.25) is 14.6 Å².